The summed E-state index contributed by atoms with van der Waals surface area (Å²) in [6.07, 6.45) is 7.83. The maximum absolute atomic E-state index is 6.33. The summed E-state index contributed by atoms with van der Waals surface area (Å²) in [5, 5.41) is 0. The minimum absolute atomic E-state index is 0.00912. The molecule has 7 heteroatoms. The van der Waals surface area contributed by atoms with Crippen LogP contribution in [0.25, 0.3) is 11.1 Å². The molecule has 0 unspecified atom stereocenters. The first-order valence-corrected chi connectivity index (χ1v) is 22.2. The maximum atomic E-state index is 6.33. The van der Waals surface area contributed by atoms with Crippen LogP contribution in [0.15, 0.2) is 106 Å². The number of benzene rings is 4. The Hall–Kier alpha value is -1.15. The van der Waals surface area contributed by atoms with Crippen LogP contribution in [0.2, 0.25) is 0 Å². The van der Waals surface area contributed by atoms with E-state index in [9.17, 15) is 0 Å². The molecular formula is C41H38Cl6Zr. The Kier molecular flexibility index (Phi) is 10.3. The van der Waals surface area contributed by atoms with Gasteiger partial charge >= 0.3 is 326 Å². The van der Waals surface area contributed by atoms with E-state index >= 15 is 0 Å². The van der Waals surface area contributed by atoms with Crippen LogP contribution < -0.4 is 0 Å². The molecule has 2 aliphatic carbocycles. The fourth-order valence-electron chi connectivity index (χ4n) is 6.77. The number of fused-ring (bicyclic) bond motifs is 3. The van der Waals surface area contributed by atoms with E-state index in [-0.39, 0.29) is 14.5 Å². The van der Waals surface area contributed by atoms with Crippen molar-refractivity contribution in [2.75, 3.05) is 0 Å². The van der Waals surface area contributed by atoms with Gasteiger partial charge in [0.05, 0.1) is 0 Å². The molecule has 0 aromatic heterocycles. The summed E-state index contributed by atoms with van der Waals surface area (Å²) in [5.74, 6) is 0. The summed E-state index contributed by atoms with van der Waals surface area (Å²) in [6, 6.07) is 30.6. The van der Waals surface area contributed by atoms with Crippen LogP contribution in [0.5, 0.6) is 0 Å². The molecule has 48 heavy (non-hydrogen) atoms. The van der Waals surface area contributed by atoms with Gasteiger partial charge in [0.2, 0.25) is 0 Å². The molecule has 4 aromatic rings. The van der Waals surface area contributed by atoms with Crippen LogP contribution in [0.3, 0.4) is 0 Å². The van der Waals surface area contributed by atoms with Crippen molar-refractivity contribution in [3.8, 4) is 11.1 Å². The van der Waals surface area contributed by atoms with Gasteiger partial charge in [0.1, 0.15) is 0 Å². The SMILES string of the molecule is CC(C)(C)c1ccc2c(c1)[CH]([Zr]([C]1=CC=CC1)=[C](c1ccc(C(Cl)(Cl)Cl)cc1)c1ccc(C(Cl)(Cl)Cl)cc1)c1cc(C(C)(C)C)ccc1-2. The van der Waals surface area contributed by atoms with E-state index in [4.69, 9.17) is 69.6 Å². The van der Waals surface area contributed by atoms with Crippen molar-refractivity contribution in [2.45, 2.75) is 70.0 Å². The van der Waals surface area contributed by atoms with Crippen LogP contribution in [0.1, 0.15) is 96.1 Å². The number of allylic oxidation sites excluding steroid dienone is 4. The average molecular weight is 835 g/mol. The van der Waals surface area contributed by atoms with Crippen molar-refractivity contribution in [3.63, 3.8) is 0 Å². The van der Waals surface area contributed by atoms with Crippen molar-refractivity contribution in [2.24, 2.45) is 0 Å². The zero-order chi connectivity index (χ0) is 34.8. The Morgan fingerprint density at radius 2 is 0.958 bits per heavy atom. The second kappa shape index (κ2) is 13.4. The Balaban J connectivity index is 1.73. The third kappa shape index (κ3) is 7.42. The van der Waals surface area contributed by atoms with Gasteiger partial charge in [-0.2, -0.15) is 0 Å². The average Bonchev–Trinajstić information content (AvgIpc) is 3.64. The van der Waals surface area contributed by atoms with Crippen molar-refractivity contribution < 1.29 is 21.3 Å². The molecule has 0 heterocycles. The monoisotopic (exact) mass is 830 g/mol. The Labute approximate surface area is 323 Å². The third-order valence-electron chi connectivity index (χ3n) is 9.42. The van der Waals surface area contributed by atoms with E-state index in [1.807, 2.05) is 24.3 Å². The van der Waals surface area contributed by atoms with Crippen molar-refractivity contribution in [3.05, 3.63) is 151 Å². The summed E-state index contributed by atoms with van der Waals surface area (Å²) in [7, 11) is 0. The van der Waals surface area contributed by atoms with E-state index in [1.165, 1.54) is 39.9 Å². The number of halogens is 6. The van der Waals surface area contributed by atoms with E-state index < -0.39 is 28.9 Å². The molecule has 0 aliphatic heterocycles. The van der Waals surface area contributed by atoms with Gasteiger partial charge in [-0.05, 0) is 0 Å². The van der Waals surface area contributed by atoms with Gasteiger partial charge in [0, 0.05) is 0 Å². The first kappa shape index (κ1) is 36.6. The fraction of sp³-hybridized carbons (Fsp3) is 0.293. The molecule has 0 nitrogen and oxygen atoms in total. The van der Waals surface area contributed by atoms with Gasteiger partial charge in [-0.15, -0.1) is 0 Å². The van der Waals surface area contributed by atoms with Crippen LogP contribution in [0.4, 0.5) is 0 Å². The molecule has 2 aliphatic rings. The fourth-order valence-corrected chi connectivity index (χ4v) is 16.5. The topological polar surface area (TPSA) is 0 Å². The van der Waals surface area contributed by atoms with Crippen LogP contribution in [-0.2, 0) is 39.7 Å². The third-order valence-corrected chi connectivity index (χ3v) is 19.0. The summed E-state index contributed by atoms with van der Waals surface area (Å²) in [6.45, 7) is 13.8. The number of hydrogen-bond acceptors (Lipinski definition) is 0. The van der Waals surface area contributed by atoms with Gasteiger partial charge in [-0.1, -0.05) is 0 Å². The van der Waals surface area contributed by atoms with Crippen LogP contribution >= 0.6 is 69.6 Å². The molecule has 0 atom stereocenters. The molecule has 0 spiro atoms. The Morgan fingerprint density at radius 3 is 1.29 bits per heavy atom. The first-order valence-electron chi connectivity index (χ1n) is 16.1. The second-order valence-corrected chi connectivity index (χ2v) is 25.6. The Bertz CT molecular complexity index is 1830. The zero-order valence-electron chi connectivity index (χ0n) is 27.9. The minimum atomic E-state index is -3.00. The van der Waals surface area contributed by atoms with Crippen LogP contribution in [0, 0.1) is 0 Å². The van der Waals surface area contributed by atoms with Gasteiger partial charge < -0.3 is 0 Å². The molecule has 0 saturated heterocycles. The van der Waals surface area contributed by atoms with E-state index in [0.717, 1.165) is 17.5 Å². The molecule has 4 aromatic carbocycles. The van der Waals surface area contributed by atoms with Gasteiger partial charge in [0.15, 0.2) is 0 Å². The first-order chi connectivity index (χ1) is 22.3. The molecule has 0 amide bonds. The summed E-state index contributed by atoms with van der Waals surface area (Å²) >= 11 is 35.0. The Morgan fingerprint density at radius 1 is 0.562 bits per heavy atom. The molecule has 0 bridgehead atoms. The quantitative estimate of drug-likeness (QED) is 0.180. The predicted molar refractivity (Wildman–Crippen MR) is 208 cm³/mol. The van der Waals surface area contributed by atoms with Crippen molar-refractivity contribution in [1.29, 1.82) is 0 Å². The summed E-state index contributed by atoms with van der Waals surface area (Å²) < 4.78 is 0.115. The van der Waals surface area contributed by atoms with Crippen molar-refractivity contribution in [1.82, 2.24) is 0 Å². The van der Waals surface area contributed by atoms with E-state index in [2.05, 4.69) is 120 Å². The van der Waals surface area contributed by atoms with E-state index in [1.54, 1.807) is 0 Å². The molecule has 0 radical (unpaired) electrons. The summed E-state index contributed by atoms with van der Waals surface area (Å²) in [4.78, 5) is 0. The number of alkyl halides is 6. The molecule has 0 saturated carbocycles. The van der Waals surface area contributed by atoms with Gasteiger partial charge in [0.25, 0.3) is 0 Å². The molecule has 6 rings (SSSR count). The molecule has 248 valence electrons. The predicted octanol–water partition coefficient (Wildman–Crippen LogP) is 13.7. The second-order valence-electron chi connectivity index (χ2n) is 14.8. The van der Waals surface area contributed by atoms with Gasteiger partial charge in [-0.25, -0.2) is 0 Å². The molecule has 0 N–H and O–H groups in total. The van der Waals surface area contributed by atoms with E-state index in [0.29, 0.717) is 11.1 Å². The normalized spacial score (nSPS) is 15.0. The number of hydrogen-bond donors (Lipinski definition) is 0. The van der Waals surface area contributed by atoms with Gasteiger partial charge in [-0.3, -0.25) is 0 Å². The van der Waals surface area contributed by atoms with Crippen molar-refractivity contribution >= 4 is 72.8 Å². The molecular weight excluding hydrogens is 796 g/mol. The van der Waals surface area contributed by atoms with Crippen LogP contribution in [-0.4, -0.2) is 3.21 Å². The number of rotatable bonds is 4. The molecule has 0 fully saturated rings. The zero-order valence-corrected chi connectivity index (χ0v) is 34.9. The standard InChI is InChI=1S/C21H25.C15H8Cl6.C5H5.Zr/c1-20(2,3)16-7-9-18-14(12-16)11-15-13-17(21(4,5)6)8-10-19(15)18;16-14(17,18)12-5-1-10(2-6-12)9-11-3-7-13(8-4-11)15(19,20)21;1-2-4-5-3-1;/h7-13H,1-6H3;1-8H;1-3H,4H2;. The summed E-state index contributed by atoms with van der Waals surface area (Å²) in [5.41, 5.74) is 11.8.